The molecule has 29 heavy (non-hydrogen) atoms. The molecule has 0 saturated carbocycles. The lowest BCUT2D eigenvalue weighted by molar-refractivity contribution is 0.415. The molecule has 146 valence electrons. The minimum atomic E-state index is 0.380. The van der Waals surface area contributed by atoms with Gasteiger partial charge in [0.1, 0.15) is 11.3 Å². The number of hydrogen-bond donors (Lipinski definition) is 1. The molecule has 0 aliphatic rings. The van der Waals surface area contributed by atoms with Gasteiger partial charge in [-0.15, -0.1) is 16.4 Å². The Kier molecular flexibility index (Phi) is 4.21. The van der Waals surface area contributed by atoms with Crippen LogP contribution in [-0.4, -0.2) is 26.7 Å². The summed E-state index contributed by atoms with van der Waals surface area (Å²) >= 11 is 1.53. The van der Waals surface area contributed by atoms with Crippen molar-refractivity contribution < 1.29 is 9.15 Å². The summed E-state index contributed by atoms with van der Waals surface area (Å²) in [7, 11) is 1.66. The van der Waals surface area contributed by atoms with Gasteiger partial charge in [-0.25, -0.2) is 4.52 Å². The summed E-state index contributed by atoms with van der Waals surface area (Å²) in [5, 5.41) is 9.69. The van der Waals surface area contributed by atoms with Gasteiger partial charge in [-0.3, -0.25) is 5.32 Å². The lowest BCUT2D eigenvalue weighted by atomic mass is 10.0. The molecule has 0 radical (unpaired) electrons. The Morgan fingerprint density at radius 2 is 1.93 bits per heavy atom. The summed E-state index contributed by atoms with van der Waals surface area (Å²) in [6.45, 7) is 4.31. The van der Waals surface area contributed by atoms with Crippen molar-refractivity contribution in [1.29, 1.82) is 0 Å². The average Bonchev–Trinajstić information content (AvgIpc) is 3.41. The van der Waals surface area contributed by atoms with E-state index in [9.17, 15) is 0 Å². The summed E-state index contributed by atoms with van der Waals surface area (Å²) in [6, 6.07) is 14.3. The van der Waals surface area contributed by atoms with Gasteiger partial charge < -0.3 is 9.15 Å². The lowest BCUT2D eigenvalue weighted by Crippen LogP contribution is -1.94. The van der Waals surface area contributed by atoms with Gasteiger partial charge in [0.25, 0.3) is 5.95 Å². The zero-order valence-electron chi connectivity index (χ0n) is 16.2. The molecular formula is C21H19N5O2S. The highest BCUT2D eigenvalue weighted by molar-refractivity contribution is 7.15. The van der Waals surface area contributed by atoms with E-state index in [4.69, 9.17) is 9.15 Å². The maximum Gasteiger partial charge on any atom is 0.302 e. The van der Waals surface area contributed by atoms with Crippen molar-refractivity contribution in [3.63, 3.8) is 0 Å². The van der Waals surface area contributed by atoms with Crippen LogP contribution in [0.1, 0.15) is 25.3 Å². The number of hydrogen-bond acceptors (Lipinski definition) is 7. The molecule has 0 aliphatic heterocycles. The molecule has 8 heteroatoms. The van der Waals surface area contributed by atoms with E-state index >= 15 is 0 Å². The molecule has 2 aromatic carbocycles. The summed E-state index contributed by atoms with van der Waals surface area (Å²) in [4.78, 5) is 9.85. The first-order chi connectivity index (χ1) is 14.1. The van der Waals surface area contributed by atoms with Crippen LogP contribution < -0.4 is 10.1 Å². The van der Waals surface area contributed by atoms with Gasteiger partial charge in [0.05, 0.1) is 12.8 Å². The molecule has 3 heterocycles. The molecule has 0 saturated heterocycles. The van der Waals surface area contributed by atoms with Gasteiger partial charge in [0.15, 0.2) is 5.58 Å². The third kappa shape index (κ3) is 3.21. The number of fused-ring (bicyclic) bond motifs is 2. The Labute approximate surface area is 171 Å². The Hall–Kier alpha value is -3.39. The van der Waals surface area contributed by atoms with E-state index in [1.165, 1.54) is 16.9 Å². The zero-order valence-corrected chi connectivity index (χ0v) is 17.0. The molecule has 0 amide bonds. The quantitative estimate of drug-likeness (QED) is 0.417. The van der Waals surface area contributed by atoms with Gasteiger partial charge in [-0.2, -0.15) is 9.97 Å². The number of nitrogens with one attached hydrogen (secondary N) is 1. The SMILES string of the molecule is COc1ccc(-c2csc3nc(Nc4nc5cc(C(C)C)ccc5o4)nn23)cc1. The van der Waals surface area contributed by atoms with Crippen LogP contribution in [0, 0.1) is 0 Å². The number of nitrogens with zero attached hydrogens (tertiary/aromatic N) is 4. The second-order valence-electron chi connectivity index (χ2n) is 7.01. The summed E-state index contributed by atoms with van der Waals surface area (Å²) in [5.74, 6) is 1.70. The van der Waals surface area contributed by atoms with E-state index in [-0.39, 0.29) is 0 Å². The van der Waals surface area contributed by atoms with Crippen LogP contribution in [0.2, 0.25) is 0 Å². The molecular weight excluding hydrogens is 386 g/mol. The highest BCUT2D eigenvalue weighted by Gasteiger charge is 2.14. The maximum atomic E-state index is 5.80. The van der Waals surface area contributed by atoms with Crippen LogP contribution in [-0.2, 0) is 0 Å². The molecule has 0 spiro atoms. The third-order valence-corrected chi connectivity index (χ3v) is 5.58. The van der Waals surface area contributed by atoms with E-state index in [1.54, 1.807) is 7.11 Å². The number of aromatic nitrogens is 4. The molecule has 5 rings (SSSR count). The molecule has 0 atom stereocenters. The van der Waals surface area contributed by atoms with Crippen molar-refractivity contribution in [2.24, 2.45) is 0 Å². The normalized spacial score (nSPS) is 11.6. The van der Waals surface area contributed by atoms with Gasteiger partial charge in [0, 0.05) is 10.9 Å². The average molecular weight is 405 g/mol. The molecule has 0 bridgehead atoms. The number of rotatable bonds is 5. The van der Waals surface area contributed by atoms with Crippen molar-refractivity contribution in [3.05, 3.63) is 53.4 Å². The second-order valence-corrected chi connectivity index (χ2v) is 7.84. The van der Waals surface area contributed by atoms with E-state index < -0.39 is 0 Å². The van der Waals surface area contributed by atoms with Gasteiger partial charge in [-0.1, -0.05) is 19.9 Å². The number of thiazole rings is 1. The Morgan fingerprint density at radius 1 is 1.10 bits per heavy atom. The van der Waals surface area contributed by atoms with Gasteiger partial charge in [-0.05, 0) is 47.9 Å². The fraction of sp³-hybridized carbons (Fsp3) is 0.190. The monoisotopic (exact) mass is 405 g/mol. The van der Waals surface area contributed by atoms with E-state index in [0.29, 0.717) is 17.9 Å². The first kappa shape index (κ1) is 17.7. The minimum Gasteiger partial charge on any atom is -0.497 e. The summed E-state index contributed by atoms with van der Waals surface area (Å²) in [5.41, 5.74) is 4.78. The molecule has 0 aliphatic carbocycles. The van der Waals surface area contributed by atoms with Crippen molar-refractivity contribution >= 4 is 39.4 Å². The fourth-order valence-corrected chi connectivity index (χ4v) is 3.98. The van der Waals surface area contributed by atoms with Crippen LogP contribution >= 0.6 is 11.3 Å². The third-order valence-electron chi connectivity index (χ3n) is 4.76. The first-order valence-corrected chi connectivity index (χ1v) is 10.1. The van der Waals surface area contributed by atoms with Crippen LogP contribution in [0.3, 0.4) is 0 Å². The van der Waals surface area contributed by atoms with Crippen molar-refractivity contribution in [2.45, 2.75) is 19.8 Å². The molecule has 0 unspecified atom stereocenters. The topological polar surface area (TPSA) is 77.5 Å². The van der Waals surface area contributed by atoms with Crippen LogP contribution in [0.25, 0.3) is 27.3 Å². The highest BCUT2D eigenvalue weighted by Crippen LogP contribution is 2.29. The van der Waals surface area contributed by atoms with Crippen LogP contribution in [0.4, 0.5) is 12.0 Å². The van der Waals surface area contributed by atoms with E-state index in [0.717, 1.165) is 33.1 Å². The lowest BCUT2D eigenvalue weighted by Gasteiger charge is -2.02. The highest BCUT2D eigenvalue weighted by atomic mass is 32.1. The summed E-state index contributed by atoms with van der Waals surface area (Å²) in [6.07, 6.45) is 0. The number of oxazole rings is 1. The van der Waals surface area contributed by atoms with Crippen molar-refractivity contribution in [1.82, 2.24) is 19.6 Å². The van der Waals surface area contributed by atoms with Gasteiger partial charge in [0.2, 0.25) is 4.96 Å². The number of methoxy groups -OCH3 is 1. The smallest absolute Gasteiger partial charge is 0.302 e. The van der Waals surface area contributed by atoms with E-state index in [1.807, 2.05) is 40.2 Å². The predicted molar refractivity (Wildman–Crippen MR) is 114 cm³/mol. The van der Waals surface area contributed by atoms with E-state index in [2.05, 4.69) is 46.4 Å². The Bertz CT molecular complexity index is 1300. The Morgan fingerprint density at radius 3 is 2.69 bits per heavy atom. The maximum absolute atomic E-state index is 5.80. The van der Waals surface area contributed by atoms with Crippen molar-refractivity contribution in [3.8, 4) is 17.0 Å². The molecule has 7 nitrogen and oxygen atoms in total. The number of ether oxygens (including phenoxy) is 1. The predicted octanol–water partition coefficient (Wildman–Crippen LogP) is 5.47. The number of anilines is 2. The summed E-state index contributed by atoms with van der Waals surface area (Å²) < 4.78 is 12.8. The second kappa shape index (κ2) is 6.89. The first-order valence-electron chi connectivity index (χ1n) is 9.27. The number of benzene rings is 2. The molecule has 0 fully saturated rings. The van der Waals surface area contributed by atoms with Crippen LogP contribution in [0.5, 0.6) is 5.75 Å². The van der Waals surface area contributed by atoms with Gasteiger partial charge >= 0.3 is 6.01 Å². The minimum absolute atomic E-state index is 0.380. The van der Waals surface area contributed by atoms with Crippen LogP contribution in [0.15, 0.2) is 52.3 Å². The fourth-order valence-electron chi connectivity index (χ4n) is 3.15. The van der Waals surface area contributed by atoms with Crippen molar-refractivity contribution in [2.75, 3.05) is 12.4 Å². The zero-order chi connectivity index (χ0) is 20.0. The molecule has 5 aromatic rings. The standard InChI is InChI=1S/C21H19N5O2S/c1-12(2)14-6-9-18-16(10-14)22-20(28-18)23-19-24-21-26(25-19)17(11-29-21)13-4-7-15(27-3)8-5-13/h4-12H,1-3H3,(H,22,23,25). The largest absolute Gasteiger partial charge is 0.497 e. The molecule has 1 N–H and O–H groups in total. The Balaban J connectivity index is 1.45. The molecule has 3 aromatic heterocycles.